The van der Waals surface area contributed by atoms with Crippen molar-refractivity contribution in [2.24, 2.45) is 0 Å². The summed E-state index contributed by atoms with van der Waals surface area (Å²) in [6.07, 6.45) is 0. The van der Waals surface area contributed by atoms with Gasteiger partial charge in [0.15, 0.2) is 0 Å². The van der Waals surface area contributed by atoms with Gasteiger partial charge in [0.2, 0.25) is 5.91 Å². The maximum Gasteiger partial charge on any atom is 0.350 e. The van der Waals surface area contributed by atoms with Crippen molar-refractivity contribution in [3.05, 3.63) is 4.88 Å². The number of rotatable bonds is 2. The first-order valence-corrected chi connectivity index (χ1v) is 5.48. The van der Waals surface area contributed by atoms with Crippen molar-refractivity contribution >= 4 is 44.9 Å². The summed E-state index contributed by atoms with van der Waals surface area (Å²) in [6.45, 7) is 1.35. The Hall–Kier alpha value is -2.09. The average molecular weight is 254 g/mol. The number of methoxy groups -OCH3 is 1. The first-order chi connectivity index (χ1) is 8.04. The number of hydrogen-bond donors (Lipinski definition) is 3. The highest BCUT2D eigenvalue weighted by molar-refractivity contribution is 7.21. The summed E-state index contributed by atoms with van der Waals surface area (Å²) >= 11 is 1.11. The molecule has 0 fully saturated rings. The summed E-state index contributed by atoms with van der Waals surface area (Å²) in [6, 6.07) is 0. The third kappa shape index (κ3) is 1.82. The highest BCUT2D eigenvalue weighted by atomic mass is 32.1. The largest absolute Gasteiger partial charge is 0.465 e. The van der Waals surface area contributed by atoms with Crippen LogP contribution in [-0.2, 0) is 9.53 Å². The van der Waals surface area contributed by atoms with Crippen molar-refractivity contribution in [1.29, 1.82) is 0 Å². The molecule has 1 amide bonds. The second kappa shape index (κ2) is 4.06. The lowest BCUT2D eigenvalue weighted by Gasteiger charge is -2.03. The number of esters is 1. The number of aromatic nitrogens is 2. The summed E-state index contributed by atoms with van der Waals surface area (Å²) in [7, 11) is 1.27. The van der Waals surface area contributed by atoms with Gasteiger partial charge in [0.1, 0.15) is 15.5 Å². The zero-order valence-electron chi connectivity index (χ0n) is 9.16. The van der Waals surface area contributed by atoms with Crippen LogP contribution in [0.1, 0.15) is 16.6 Å². The van der Waals surface area contributed by atoms with E-state index in [1.165, 1.54) is 14.0 Å². The van der Waals surface area contributed by atoms with Gasteiger partial charge < -0.3 is 15.8 Å². The Morgan fingerprint density at radius 1 is 1.53 bits per heavy atom. The third-order valence-electron chi connectivity index (χ3n) is 2.11. The van der Waals surface area contributed by atoms with Gasteiger partial charge in [-0.05, 0) is 0 Å². The molecule has 0 spiro atoms. The van der Waals surface area contributed by atoms with Crippen LogP contribution in [0.15, 0.2) is 0 Å². The molecule has 0 saturated carbocycles. The highest BCUT2D eigenvalue weighted by Crippen LogP contribution is 2.38. The predicted octanol–water partition coefficient (Wildman–Crippen LogP) is 0.952. The van der Waals surface area contributed by atoms with Crippen LogP contribution < -0.4 is 11.1 Å². The lowest BCUT2D eigenvalue weighted by molar-refractivity contribution is -0.114. The number of carbonyl (C=O) groups excluding carboxylic acids is 2. The molecule has 2 aromatic heterocycles. The van der Waals surface area contributed by atoms with Gasteiger partial charge in [-0.2, -0.15) is 5.10 Å². The van der Waals surface area contributed by atoms with Crippen molar-refractivity contribution < 1.29 is 14.3 Å². The Morgan fingerprint density at radius 2 is 2.24 bits per heavy atom. The Kier molecular flexibility index (Phi) is 2.72. The molecule has 0 unspecified atom stereocenters. The fourth-order valence-electron chi connectivity index (χ4n) is 1.45. The van der Waals surface area contributed by atoms with Gasteiger partial charge in [0, 0.05) is 6.92 Å². The first kappa shape index (κ1) is 11.4. The standard InChI is InChI=1S/C9H10N4O3S/c1-3(14)11-5-4-7(10)12-13-8(4)17-6(5)9(15)16-2/h1-2H3,(H,11,14)(H3,10,12,13). The van der Waals surface area contributed by atoms with Gasteiger partial charge in [-0.15, -0.1) is 11.3 Å². The van der Waals surface area contributed by atoms with Crippen LogP contribution in [0, 0.1) is 0 Å². The van der Waals surface area contributed by atoms with E-state index in [1.807, 2.05) is 0 Å². The van der Waals surface area contributed by atoms with Crippen LogP contribution in [0.4, 0.5) is 11.5 Å². The minimum atomic E-state index is -0.531. The molecule has 2 rings (SSSR count). The van der Waals surface area contributed by atoms with E-state index in [0.717, 1.165) is 11.3 Å². The molecule has 0 aromatic carbocycles. The lowest BCUT2D eigenvalue weighted by Crippen LogP contribution is -2.10. The average Bonchev–Trinajstić information content (AvgIpc) is 2.79. The molecule has 0 aliphatic heterocycles. The number of nitrogens with two attached hydrogens (primary N) is 1. The van der Waals surface area contributed by atoms with Gasteiger partial charge in [0.05, 0.1) is 18.2 Å². The Bertz CT molecular complexity index is 601. The molecule has 7 nitrogen and oxygen atoms in total. The molecular formula is C9H10N4O3S. The minimum absolute atomic E-state index is 0.279. The topological polar surface area (TPSA) is 110 Å². The minimum Gasteiger partial charge on any atom is -0.465 e. The van der Waals surface area contributed by atoms with Crippen LogP contribution in [0.2, 0.25) is 0 Å². The Morgan fingerprint density at radius 3 is 2.82 bits per heavy atom. The van der Waals surface area contributed by atoms with Crippen LogP contribution in [-0.4, -0.2) is 29.2 Å². The number of hydrogen-bond acceptors (Lipinski definition) is 6. The lowest BCUT2D eigenvalue weighted by atomic mass is 10.3. The normalized spacial score (nSPS) is 10.5. The molecular weight excluding hydrogens is 244 g/mol. The van der Waals surface area contributed by atoms with E-state index in [-0.39, 0.29) is 10.8 Å². The molecule has 0 aliphatic carbocycles. The second-order valence-corrected chi connectivity index (χ2v) is 4.30. The molecule has 0 saturated heterocycles. The van der Waals surface area contributed by atoms with E-state index in [1.54, 1.807) is 0 Å². The third-order valence-corrected chi connectivity index (χ3v) is 3.17. The molecule has 4 N–H and O–H groups in total. The Labute approximate surface area is 99.9 Å². The number of ether oxygens (including phenoxy) is 1. The molecule has 8 heteroatoms. The Balaban J connectivity index is 2.66. The van der Waals surface area contributed by atoms with Gasteiger partial charge in [0.25, 0.3) is 0 Å². The van der Waals surface area contributed by atoms with Gasteiger partial charge in [-0.1, -0.05) is 0 Å². The molecule has 2 heterocycles. The fraction of sp³-hybridized carbons (Fsp3) is 0.222. The van der Waals surface area contributed by atoms with E-state index in [2.05, 4.69) is 20.3 Å². The summed E-state index contributed by atoms with van der Waals surface area (Å²) in [5, 5.41) is 9.62. The van der Waals surface area contributed by atoms with E-state index < -0.39 is 5.97 Å². The van der Waals surface area contributed by atoms with E-state index in [4.69, 9.17) is 5.73 Å². The van der Waals surface area contributed by atoms with Crippen molar-refractivity contribution in [2.45, 2.75) is 6.92 Å². The van der Waals surface area contributed by atoms with Crippen LogP contribution >= 0.6 is 11.3 Å². The quantitative estimate of drug-likeness (QED) is 0.691. The summed E-state index contributed by atoms with van der Waals surface area (Å²) < 4.78 is 4.64. The molecule has 0 aliphatic rings. The predicted molar refractivity (Wildman–Crippen MR) is 64.0 cm³/mol. The summed E-state index contributed by atoms with van der Waals surface area (Å²) in [4.78, 5) is 23.5. The molecule has 17 heavy (non-hydrogen) atoms. The maximum atomic E-state index is 11.6. The number of carbonyl (C=O) groups is 2. The molecule has 0 atom stereocenters. The maximum absolute atomic E-state index is 11.6. The SMILES string of the molecule is COC(=O)c1sc2n[nH]c(N)c2c1NC(C)=O. The van der Waals surface area contributed by atoms with Gasteiger partial charge in [-0.3, -0.25) is 9.89 Å². The number of aromatic amines is 1. The van der Waals surface area contributed by atoms with Gasteiger partial charge in [-0.25, -0.2) is 4.79 Å². The van der Waals surface area contributed by atoms with Crippen molar-refractivity contribution in [2.75, 3.05) is 18.2 Å². The highest BCUT2D eigenvalue weighted by Gasteiger charge is 2.23. The van der Waals surface area contributed by atoms with Crippen LogP contribution in [0.5, 0.6) is 0 Å². The van der Waals surface area contributed by atoms with E-state index in [0.29, 0.717) is 21.7 Å². The first-order valence-electron chi connectivity index (χ1n) is 4.66. The summed E-state index contributed by atoms with van der Waals surface area (Å²) in [5.74, 6) is -0.526. The number of amides is 1. The van der Waals surface area contributed by atoms with Crippen molar-refractivity contribution in [3.63, 3.8) is 0 Å². The van der Waals surface area contributed by atoms with E-state index in [9.17, 15) is 9.59 Å². The second-order valence-electron chi connectivity index (χ2n) is 3.30. The fourth-order valence-corrected chi connectivity index (χ4v) is 2.47. The molecule has 0 radical (unpaired) electrons. The van der Waals surface area contributed by atoms with Crippen LogP contribution in [0.3, 0.4) is 0 Å². The number of nitrogen functional groups attached to an aromatic ring is 1. The number of fused-ring (bicyclic) bond motifs is 1. The number of nitrogens with zero attached hydrogens (tertiary/aromatic N) is 1. The molecule has 2 aromatic rings. The number of anilines is 2. The van der Waals surface area contributed by atoms with Gasteiger partial charge >= 0.3 is 5.97 Å². The molecule has 90 valence electrons. The van der Waals surface area contributed by atoms with Crippen molar-refractivity contribution in [3.8, 4) is 0 Å². The smallest absolute Gasteiger partial charge is 0.350 e. The zero-order chi connectivity index (χ0) is 12.6. The number of H-pyrrole nitrogens is 1. The van der Waals surface area contributed by atoms with Crippen molar-refractivity contribution in [1.82, 2.24) is 10.2 Å². The van der Waals surface area contributed by atoms with Crippen LogP contribution in [0.25, 0.3) is 10.2 Å². The molecule has 0 bridgehead atoms. The van der Waals surface area contributed by atoms with E-state index >= 15 is 0 Å². The monoisotopic (exact) mass is 254 g/mol. The number of thiophene rings is 1. The number of nitrogens with one attached hydrogen (secondary N) is 2. The summed E-state index contributed by atoms with van der Waals surface area (Å²) in [5.41, 5.74) is 6.04. The zero-order valence-corrected chi connectivity index (χ0v) is 9.97.